The van der Waals surface area contributed by atoms with Gasteiger partial charge in [0.1, 0.15) is 0 Å². The van der Waals surface area contributed by atoms with E-state index >= 15 is 0 Å². The quantitative estimate of drug-likeness (QED) is 0.868. The molecule has 2 aromatic carbocycles. The molecule has 0 spiro atoms. The zero-order chi connectivity index (χ0) is 13.2. The number of para-hydroxylation sites is 1. The first-order chi connectivity index (χ1) is 9.25. The van der Waals surface area contributed by atoms with Gasteiger partial charge in [-0.3, -0.25) is 0 Å². The number of halogens is 2. The van der Waals surface area contributed by atoms with Crippen LogP contribution in [0.5, 0.6) is 0 Å². The number of benzene rings is 2. The second-order valence-electron chi connectivity index (χ2n) is 4.51. The highest BCUT2D eigenvalue weighted by Crippen LogP contribution is 2.35. The highest BCUT2D eigenvalue weighted by atomic mass is 35.5. The molecule has 0 fully saturated rings. The Labute approximate surface area is 122 Å². The molecular weight excluding hydrogens is 281 g/mol. The Bertz CT molecular complexity index is 580. The summed E-state index contributed by atoms with van der Waals surface area (Å²) in [5, 5.41) is 4.63. The van der Waals surface area contributed by atoms with Crippen molar-refractivity contribution < 1.29 is 4.74 Å². The summed E-state index contributed by atoms with van der Waals surface area (Å²) in [5.74, 6) is 0. The first-order valence-corrected chi connectivity index (χ1v) is 6.87. The molecule has 1 atom stereocenters. The number of hydrogen-bond donors (Lipinski definition) is 1. The molecule has 1 aliphatic heterocycles. The maximum absolute atomic E-state index is 6.19. The molecule has 98 valence electrons. The molecule has 1 N–H and O–H groups in total. The number of rotatable bonds is 2. The Kier molecular flexibility index (Phi) is 3.65. The Balaban J connectivity index is 1.93. The van der Waals surface area contributed by atoms with E-state index in [0.29, 0.717) is 23.3 Å². The van der Waals surface area contributed by atoms with Crippen LogP contribution in [0.1, 0.15) is 17.2 Å². The van der Waals surface area contributed by atoms with Gasteiger partial charge in [0.2, 0.25) is 0 Å². The van der Waals surface area contributed by atoms with Crippen molar-refractivity contribution in [3.8, 4) is 0 Å². The van der Waals surface area contributed by atoms with E-state index in [1.54, 1.807) is 0 Å². The predicted octanol–water partition coefficient (Wildman–Crippen LogP) is 4.68. The largest absolute Gasteiger partial charge is 0.374 e. The van der Waals surface area contributed by atoms with E-state index in [1.807, 2.05) is 30.3 Å². The summed E-state index contributed by atoms with van der Waals surface area (Å²) in [4.78, 5) is 0. The number of ether oxygens (including phenoxy) is 1. The number of fused-ring (bicyclic) bond motifs is 1. The topological polar surface area (TPSA) is 21.3 Å². The van der Waals surface area contributed by atoms with E-state index < -0.39 is 0 Å². The molecule has 0 aliphatic carbocycles. The molecule has 4 heteroatoms. The van der Waals surface area contributed by atoms with Crippen LogP contribution in [0.25, 0.3) is 0 Å². The van der Waals surface area contributed by atoms with Crippen molar-refractivity contribution in [2.45, 2.75) is 12.6 Å². The molecule has 19 heavy (non-hydrogen) atoms. The Morgan fingerprint density at radius 3 is 2.53 bits per heavy atom. The Hall–Kier alpha value is -1.22. The lowest BCUT2D eigenvalue weighted by Crippen LogP contribution is -2.23. The summed E-state index contributed by atoms with van der Waals surface area (Å²) in [6.45, 7) is 1.27. The first kappa shape index (κ1) is 12.8. The minimum Gasteiger partial charge on any atom is -0.374 e. The lowest BCUT2D eigenvalue weighted by atomic mass is 9.99. The summed E-state index contributed by atoms with van der Waals surface area (Å²) in [5.41, 5.74) is 3.20. The molecule has 0 radical (unpaired) electrons. The molecular formula is C15H13Cl2NO. The summed E-state index contributed by atoms with van der Waals surface area (Å²) < 4.78 is 5.61. The fourth-order valence-electron chi connectivity index (χ4n) is 2.31. The van der Waals surface area contributed by atoms with Crippen LogP contribution in [-0.4, -0.2) is 6.61 Å². The summed E-state index contributed by atoms with van der Waals surface area (Å²) >= 11 is 12.4. The van der Waals surface area contributed by atoms with Crippen molar-refractivity contribution in [3.05, 3.63) is 63.6 Å². The minimum atomic E-state index is 0.0716. The van der Waals surface area contributed by atoms with Crippen LogP contribution in [-0.2, 0) is 11.3 Å². The summed E-state index contributed by atoms with van der Waals surface area (Å²) in [6.07, 6.45) is 0. The van der Waals surface area contributed by atoms with E-state index in [4.69, 9.17) is 27.9 Å². The molecule has 3 rings (SSSR count). The van der Waals surface area contributed by atoms with Gasteiger partial charge in [-0.15, -0.1) is 0 Å². The molecule has 0 saturated carbocycles. The zero-order valence-electron chi connectivity index (χ0n) is 10.2. The number of hydrogen-bond acceptors (Lipinski definition) is 2. The van der Waals surface area contributed by atoms with E-state index in [-0.39, 0.29) is 6.04 Å². The molecule has 0 amide bonds. The van der Waals surface area contributed by atoms with Crippen LogP contribution in [0.3, 0.4) is 0 Å². The average Bonchev–Trinajstić information content (AvgIpc) is 2.43. The van der Waals surface area contributed by atoms with Gasteiger partial charge >= 0.3 is 0 Å². The molecule has 0 saturated heterocycles. The van der Waals surface area contributed by atoms with Gasteiger partial charge in [-0.2, -0.15) is 0 Å². The Morgan fingerprint density at radius 1 is 1.00 bits per heavy atom. The average molecular weight is 294 g/mol. The fourth-order valence-corrected chi connectivity index (χ4v) is 2.82. The van der Waals surface area contributed by atoms with Crippen LogP contribution in [0, 0.1) is 0 Å². The van der Waals surface area contributed by atoms with E-state index in [0.717, 1.165) is 5.69 Å². The molecule has 1 unspecified atom stereocenters. The van der Waals surface area contributed by atoms with Crippen LogP contribution in [0.15, 0.2) is 42.5 Å². The smallest absolute Gasteiger partial charge is 0.0752 e. The molecule has 2 nitrogen and oxygen atoms in total. The van der Waals surface area contributed by atoms with Crippen LogP contribution < -0.4 is 5.32 Å². The number of anilines is 1. The predicted molar refractivity (Wildman–Crippen MR) is 78.9 cm³/mol. The van der Waals surface area contributed by atoms with Crippen molar-refractivity contribution in [1.29, 1.82) is 0 Å². The lowest BCUT2D eigenvalue weighted by molar-refractivity contribution is 0.0970. The Morgan fingerprint density at radius 2 is 1.74 bits per heavy atom. The van der Waals surface area contributed by atoms with Gasteiger partial charge in [0.15, 0.2) is 0 Å². The SMILES string of the molecule is Clc1cccc(Cl)c1NC1COCc2ccccc21. The fraction of sp³-hybridized carbons (Fsp3) is 0.200. The van der Waals surface area contributed by atoms with Crippen molar-refractivity contribution in [2.24, 2.45) is 0 Å². The zero-order valence-corrected chi connectivity index (χ0v) is 11.7. The van der Waals surface area contributed by atoms with Crippen molar-refractivity contribution in [3.63, 3.8) is 0 Å². The molecule has 0 aromatic heterocycles. The van der Waals surface area contributed by atoms with E-state index in [1.165, 1.54) is 11.1 Å². The highest BCUT2D eigenvalue weighted by Gasteiger charge is 2.21. The first-order valence-electron chi connectivity index (χ1n) is 6.12. The van der Waals surface area contributed by atoms with Gasteiger partial charge in [-0.05, 0) is 23.3 Å². The van der Waals surface area contributed by atoms with Gasteiger partial charge < -0.3 is 10.1 Å². The normalized spacial score (nSPS) is 17.9. The van der Waals surface area contributed by atoms with Crippen LogP contribution in [0.2, 0.25) is 10.0 Å². The molecule has 2 aromatic rings. The van der Waals surface area contributed by atoms with Crippen LogP contribution >= 0.6 is 23.2 Å². The van der Waals surface area contributed by atoms with Crippen molar-refractivity contribution >= 4 is 28.9 Å². The van der Waals surface area contributed by atoms with Gasteiger partial charge in [0, 0.05) is 0 Å². The third-order valence-electron chi connectivity index (χ3n) is 3.25. The van der Waals surface area contributed by atoms with E-state index in [2.05, 4.69) is 17.4 Å². The lowest BCUT2D eigenvalue weighted by Gasteiger charge is -2.28. The maximum Gasteiger partial charge on any atom is 0.0752 e. The third kappa shape index (κ3) is 2.57. The van der Waals surface area contributed by atoms with Crippen molar-refractivity contribution in [1.82, 2.24) is 0 Å². The number of nitrogens with one attached hydrogen (secondary N) is 1. The summed E-state index contributed by atoms with van der Waals surface area (Å²) in [7, 11) is 0. The third-order valence-corrected chi connectivity index (χ3v) is 3.88. The standard InChI is InChI=1S/C15H13Cl2NO/c16-12-6-3-7-13(17)15(12)18-14-9-19-8-10-4-1-2-5-11(10)14/h1-7,14,18H,8-9H2. The monoisotopic (exact) mass is 293 g/mol. The maximum atomic E-state index is 6.19. The molecule has 0 bridgehead atoms. The molecule has 1 aliphatic rings. The second kappa shape index (κ2) is 5.41. The summed E-state index contributed by atoms with van der Waals surface area (Å²) in [6, 6.07) is 13.8. The van der Waals surface area contributed by atoms with E-state index in [9.17, 15) is 0 Å². The second-order valence-corrected chi connectivity index (χ2v) is 5.32. The van der Waals surface area contributed by atoms with Crippen LogP contribution in [0.4, 0.5) is 5.69 Å². The highest BCUT2D eigenvalue weighted by molar-refractivity contribution is 6.39. The van der Waals surface area contributed by atoms with Gasteiger partial charge in [0.05, 0.1) is 35.0 Å². The van der Waals surface area contributed by atoms with Gasteiger partial charge in [-0.1, -0.05) is 53.5 Å². The van der Waals surface area contributed by atoms with Crippen molar-refractivity contribution in [2.75, 3.05) is 11.9 Å². The van der Waals surface area contributed by atoms with Gasteiger partial charge in [0.25, 0.3) is 0 Å². The molecule has 1 heterocycles. The minimum absolute atomic E-state index is 0.0716. The van der Waals surface area contributed by atoms with Gasteiger partial charge in [-0.25, -0.2) is 0 Å².